The molecule has 0 aliphatic rings. The average Bonchev–Trinajstić information content (AvgIpc) is 2.75. The van der Waals surface area contributed by atoms with Crippen molar-refractivity contribution < 1.29 is 14.3 Å². The Hall–Kier alpha value is -1.33. The summed E-state index contributed by atoms with van der Waals surface area (Å²) in [5, 5.41) is 12.0. The van der Waals surface area contributed by atoms with Crippen LogP contribution in [0.4, 0.5) is 0 Å². The van der Waals surface area contributed by atoms with Crippen LogP contribution in [0, 0.1) is 0 Å². The molecule has 16 heavy (non-hydrogen) atoms. The third kappa shape index (κ3) is 3.67. The molecule has 5 nitrogen and oxygen atoms in total. The van der Waals surface area contributed by atoms with E-state index < -0.39 is 6.10 Å². The molecule has 1 amide bonds. The van der Waals surface area contributed by atoms with Crippen LogP contribution in [-0.2, 0) is 6.54 Å². The van der Waals surface area contributed by atoms with E-state index in [9.17, 15) is 9.90 Å². The van der Waals surface area contributed by atoms with Gasteiger partial charge in [0.1, 0.15) is 5.76 Å². The maximum atomic E-state index is 11.5. The number of aliphatic hydroxyl groups excluding tert-OH is 1. The molecule has 0 aromatic carbocycles. The number of nitrogens with one attached hydrogen (secondary N) is 1. The van der Waals surface area contributed by atoms with E-state index in [0.29, 0.717) is 12.2 Å². The third-order valence-corrected chi connectivity index (χ3v) is 2.21. The lowest BCUT2D eigenvalue weighted by Crippen LogP contribution is -2.31. The van der Waals surface area contributed by atoms with Crippen LogP contribution in [0.5, 0.6) is 0 Å². The number of aliphatic hydroxyl groups is 1. The molecule has 0 radical (unpaired) electrons. The van der Waals surface area contributed by atoms with Gasteiger partial charge in [0.15, 0.2) is 5.76 Å². The molecular formula is C11H18N2O3. The molecule has 90 valence electrons. The Bertz CT molecular complexity index is 336. The summed E-state index contributed by atoms with van der Waals surface area (Å²) < 4.78 is 5.17. The molecule has 1 unspecified atom stereocenters. The van der Waals surface area contributed by atoms with Crippen molar-refractivity contribution in [2.24, 2.45) is 5.73 Å². The van der Waals surface area contributed by atoms with Crippen molar-refractivity contribution in [1.29, 1.82) is 0 Å². The van der Waals surface area contributed by atoms with Gasteiger partial charge in [-0.3, -0.25) is 4.79 Å². The van der Waals surface area contributed by atoms with E-state index in [1.807, 2.05) is 6.92 Å². The Morgan fingerprint density at radius 2 is 2.38 bits per heavy atom. The molecule has 0 fully saturated rings. The Labute approximate surface area is 94.6 Å². The fraction of sp³-hybridized carbons (Fsp3) is 0.545. The summed E-state index contributed by atoms with van der Waals surface area (Å²) in [5.41, 5.74) is 5.36. The summed E-state index contributed by atoms with van der Waals surface area (Å²) in [7, 11) is 0. The van der Waals surface area contributed by atoms with Crippen molar-refractivity contribution >= 4 is 5.91 Å². The maximum Gasteiger partial charge on any atom is 0.287 e. The fourth-order valence-corrected chi connectivity index (χ4v) is 1.34. The second-order valence-corrected chi connectivity index (χ2v) is 3.62. The summed E-state index contributed by atoms with van der Waals surface area (Å²) in [6.45, 7) is 2.49. The lowest BCUT2D eigenvalue weighted by molar-refractivity contribution is 0.0881. The quantitative estimate of drug-likeness (QED) is 0.663. The van der Waals surface area contributed by atoms with Gasteiger partial charge < -0.3 is 20.6 Å². The zero-order valence-electron chi connectivity index (χ0n) is 9.40. The van der Waals surface area contributed by atoms with E-state index >= 15 is 0 Å². The third-order valence-electron chi connectivity index (χ3n) is 2.21. The van der Waals surface area contributed by atoms with Crippen molar-refractivity contribution in [3.05, 3.63) is 23.7 Å². The molecular weight excluding hydrogens is 208 g/mol. The summed E-state index contributed by atoms with van der Waals surface area (Å²) in [4.78, 5) is 11.5. The number of carbonyl (C=O) groups excluding carboxylic acids is 1. The average molecular weight is 226 g/mol. The molecule has 1 aromatic rings. The van der Waals surface area contributed by atoms with E-state index in [1.165, 1.54) is 0 Å². The first kappa shape index (κ1) is 12.7. The molecule has 1 atom stereocenters. The number of hydrogen-bond donors (Lipinski definition) is 3. The molecule has 1 aromatic heterocycles. The zero-order valence-corrected chi connectivity index (χ0v) is 9.40. The summed E-state index contributed by atoms with van der Waals surface area (Å²) in [6.07, 6.45) is 1.06. The van der Waals surface area contributed by atoms with E-state index in [1.54, 1.807) is 12.1 Å². The molecule has 0 saturated heterocycles. The lowest BCUT2D eigenvalue weighted by Gasteiger charge is -2.09. The fourth-order valence-electron chi connectivity index (χ4n) is 1.34. The predicted molar refractivity (Wildman–Crippen MR) is 59.8 cm³/mol. The molecule has 5 heteroatoms. The van der Waals surface area contributed by atoms with Crippen LogP contribution in [-0.4, -0.2) is 23.7 Å². The Balaban J connectivity index is 2.40. The Morgan fingerprint density at radius 3 is 2.94 bits per heavy atom. The molecule has 0 bridgehead atoms. The SMILES string of the molecule is CCCC(O)CNC(=O)c1ccc(CN)o1. The van der Waals surface area contributed by atoms with Crippen LogP contribution < -0.4 is 11.1 Å². The van der Waals surface area contributed by atoms with Crippen molar-refractivity contribution in [2.45, 2.75) is 32.4 Å². The van der Waals surface area contributed by atoms with Gasteiger partial charge in [0.2, 0.25) is 0 Å². The normalized spacial score (nSPS) is 12.4. The maximum absolute atomic E-state index is 11.5. The zero-order chi connectivity index (χ0) is 12.0. The van der Waals surface area contributed by atoms with Crippen molar-refractivity contribution in [1.82, 2.24) is 5.32 Å². The van der Waals surface area contributed by atoms with Gasteiger partial charge in [-0.25, -0.2) is 0 Å². The number of carbonyl (C=O) groups is 1. The Morgan fingerprint density at radius 1 is 1.62 bits per heavy atom. The van der Waals surface area contributed by atoms with Crippen molar-refractivity contribution in [3.63, 3.8) is 0 Å². The molecule has 0 aliphatic heterocycles. The number of nitrogens with two attached hydrogens (primary N) is 1. The minimum absolute atomic E-state index is 0.226. The van der Waals surface area contributed by atoms with Crippen molar-refractivity contribution in [3.8, 4) is 0 Å². The molecule has 1 heterocycles. The first-order chi connectivity index (χ1) is 7.67. The molecule has 0 spiro atoms. The van der Waals surface area contributed by atoms with Crippen LogP contribution in [0.15, 0.2) is 16.5 Å². The minimum Gasteiger partial charge on any atom is -0.455 e. The van der Waals surface area contributed by atoms with E-state index in [-0.39, 0.29) is 24.8 Å². The largest absolute Gasteiger partial charge is 0.455 e. The number of furan rings is 1. The summed E-state index contributed by atoms with van der Waals surface area (Å²) >= 11 is 0. The first-order valence-electron chi connectivity index (χ1n) is 5.42. The second kappa shape index (κ2) is 6.30. The van der Waals surface area contributed by atoms with E-state index in [0.717, 1.165) is 6.42 Å². The first-order valence-corrected chi connectivity index (χ1v) is 5.42. The molecule has 1 rings (SSSR count). The van der Waals surface area contributed by atoms with Gasteiger partial charge in [-0.2, -0.15) is 0 Å². The van der Waals surface area contributed by atoms with Crippen LogP contribution in [0.3, 0.4) is 0 Å². The molecule has 4 N–H and O–H groups in total. The number of rotatable bonds is 6. The van der Waals surface area contributed by atoms with Crippen molar-refractivity contribution in [2.75, 3.05) is 6.54 Å². The van der Waals surface area contributed by atoms with Gasteiger partial charge in [0.05, 0.1) is 12.6 Å². The van der Waals surface area contributed by atoms with Gasteiger partial charge in [-0.1, -0.05) is 13.3 Å². The predicted octanol–water partition coefficient (Wildman–Crippen LogP) is 0.629. The second-order valence-electron chi connectivity index (χ2n) is 3.62. The van der Waals surface area contributed by atoms with Gasteiger partial charge in [-0.15, -0.1) is 0 Å². The van der Waals surface area contributed by atoms with Crippen LogP contribution in [0.1, 0.15) is 36.1 Å². The van der Waals surface area contributed by atoms with Crippen LogP contribution in [0.25, 0.3) is 0 Å². The topological polar surface area (TPSA) is 88.5 Å². The highest BCUT2D eigenvalue weighted by molar-refractivity contribution is 5.91. The number of amides is 1. The molecule has 0 aliphatic carbocycles. The standard InChI is InChI=1S/C11H18N2O3/c1-2-3-8(14)7-13-11(15)10-5-4-9(6-12)16-10/h4-5,8,14H,2-3,6-7,12H2,1H3,(H,13,15). The van der Waals surface area contributed by atoms with Gasteiger partial charge in [-0.05, 0) is 18.6 Å². The number of hydrogen-bond acceptors (Lipinski definition) is 4. The molecule has 0 saturated carbocycles. The van der Waals surface area contributed by atoms with Gasteiger partial charge in [0.25, 0.3) is 5.91 Å². The summed E-state index contributed by atoms with van der Waals surface area (Å²) in [5.74, 6) is 0.471. The van der Waals surface area contributed by atoms with Crippen LogP contribution in [0.2, 0.25) is 0 Å². The lowest BCUT2D eigenvalue weighted by atomic mass is 10.2. The summed E-state index contributed by atoms with van der Waals surface area (Å²) in [6, 6.07) is 3.24. The Kier molecular flexibility index (Phi) is 5.01. The monoisotopic (exact) mass is 226 g/mol. The smallest absolute Gasteiger partial charge is 0.287 e. The van der Waals surface area contributed by atoms with Gasteiger partial charge in [0, 0.05) is 6.54 Å². The van der Waals surface area contributed by atoms with Crippen LogP contribution >= 0.6 is 0 Å². The highest BCUT2D eigenvalue weighted by atomic mass is 16.4. The van der Waals surface area contributed by atoms with Gasteiger partial charge >= 0.3 is 0 Å². The highest BCUT2D eigenvalue weighted by Crippen LogP contribution is 2.06. The van der Waals surface area contributed by atoms with E-state index in [4.69, 9.17) is 10.2 Å². The minimum atomic E-state index is -0.502. The highest BCUT2D eigenvalue weighted by Gasteiger charge is 2.11. The van der Waals surface area contributed by atoms with E-state index in [2.05, 4.69) is 5.32 Å².